The molecule has 31 heavy (non-hydrogen) atoms. The summed E-state index contributed by atoms with van der Waals surface area (Å²) in [6.07, 6.45) is 1.07. The van der Waals surface area contributed by atoms with Crippen molar-refractivity contribution in [2.45, 2.75) is 39.0 Å². The van der Waals surface area contributed by atoms with Gasteiger partial charge in [0.1, 0.15) is 11.9 Å². The first-order valence-corrected chi connectivity index (χ1v) is 11.5. The Hall–Kier alpha value is -1.36. The minimum absolute atomic E-state index is 0. The largest absolute Gasteiger partial charge is 0.488 e. The molecule has 1 aliphatic rings. The fourth-order valence-corrected chi connectivity index (χ4v) is 4.33. The van der Waals surface area contributed by atoms with Gasteiger partial charge in [0.05, 0.1) is 25.8 Å². The van der Waals surface area contributed by atoms with Gasteiger partial charge < -0.3 is 25.0 Å². The molecule has 2 unspecified atom stereocenters. The average Bonchev–Trinajstić information content (AvgIpc) is 3.41. The van der Waals surface area contributed by atoms with Gasteiger partial charge in [0.15, 0.2) is 5.96 Å². The van der Waals surface area contributed by atoms with Gasteiger partial charge in [-0.05, 0) is 51.0 Å². The van der Waals surface area contributed by atoms with Crippen molar-refractivity contribution in [1.82, 2.24) is 15.5 Å². The summed E-state index contributed by atoms with van der Waals surface area (Å²) in [7, 11) is 4.22. The zero-order chi connectivity index (χ0) is 21.3. The lowest BCUT2D eigenvalue weighted by atomic mass is 10.1. The minimum atomic E-state index is 0. The third kappa shape index (κ3) is 7.93. The monoisotopic (exact) mass is 558 g/mol. The molecule has 2 aromatic rings. The van der Waals surface area contributed by atoms with Gasteiger partial charge in [-0.15, -0.1) is 35.3 Å². The van der Waals surface area contributed by atoms with Crippen LogP contribution in [0.25, 0.3) is 0 Å². The number of likely N-dealkylation sites (N-methyl/N-ethyl adjacent to an activating group) is 1. The van der Waals surface area contributed by atoms with Crippen LogP contribution < -0.4 is 15.4 Å². The third-order valence-corrected chi connectivity index (χ3v) is 6.09. The first-order chi connectivity index (χ1) is 14.6. The number of hydrogen-bond acceptors (Lipinski definition) is 5. The molecule has 0 spiro atoms. The minimum Gasteiger partial charge on any atom is -0.488 e. The fourth-order valence-electron chi connectivity index (χ4n) is 3.41. The summed E-state index contributed by atoms with van der Waals surface area (Å²) in [4.78, 5) is 8.41. The van der Waals surface area contributed by atoms with Crippen molar-refractivity contribution in [3.63, 3.8) is 0 Å². The number of aryl methyl sites for hydroxylation is 1. The quantitative estimate of drug-likeness (QED) is 0.275. The van der Waals surface area contributed by atoms with Gasteiger partial charge in [-0.25, -0.2) is 4.99 Å². The van der Waals surface area contributed by atoms with Crippen LogP contribution in [0.4, 0.5) is 0 Å². The Morgan fingerprint density at radius 1 is 1.32 bits per heavy atom. The van der Waals surface area contributed by atoms with Crippen molar-refractivity contribution >= 4 is 41.3 Å². The molecule has 0 saturated carbocycles. The normalized spacial score (nSPS) is 17.3. The van der Waals surface area contributed by atoms with Crippen molar-refractivity contribution in [2.75, 3.05) is 40.4 Å². The SMILES string of the molecule is CCNC(=NCc1ccc(C)cc1OC1CCOC1)NCC(c1cccs1)N(C)C.I. The molecule has 0 bridgehead atoms. The zero-order valence-electron chi connectivity index (χ0n) is 18.9. The van der Waals surface area contributed by atoms with E-state index in [1.54, 1.807) is 11.3 Å². The Morgan fingerprint density at radius 3 is 2.81 bits per heavy atom. The van der Waals surface area contributed by atoms with Crippen molar-refractivity contribution in [3.8, 4) is 5.75 Å². The molecular formula is C23H35IN4O2S. The van der Waals surface area contributed by atoms with E-state index in [4.69, 9.17) is 14.5 Å². The Balaban J connectivity index is 0.00000341. The molecule has 1 saturated heterocycles. The number of nitrogens with one attached hydrogen (secondary N) is 2. The van der Waals surface area contributed by atoms with Gasteiger partial charge in [0.2, 0.25) is 0 Å². The maximum Gasteiger partial charge on any atom is 0.191 e. The number of benzene rings is 1. The summed E-state index contributed by atoms with van der Waals surface area (Å²) in [5.74, 6) is 1.73. The van der Waals surface area contributed by atoms with Crippen LogP contribution in [0.2, 0.25) is 0 Å². The van der Waals surface area contributed by atoms with E-state index in [2.05, 4.69) is 79.2 Å². The summed E-state index contributed by atoms with van der Waals surface area (Å²) in [5, 5.41) is 8.99. The fraction of sp³-hybridized carbons (Fsp3) is 0.522. The highest BCUT2D eigenvalue weighted by Crippen LogP contribution is 2.25. The number of guanidine groups is 1. The molecule has 0 amide bonds. The molecule has 1 aliphatic heterocycles. The molecule has 0 radical (unpaired) electrons. The molecule has 8 heteroatoms. The van der Waals surface area contributed by atoms with Crippen molar-refractivity contribution in [3.05, 3.63) is 51.7 Å². The van der Waals surface area contributed by atoms with E-state index >= 15 is 0 Å². The number of hydrogen-bond donors (Lipinski definition) is 2. The van der Waals surface area contributed by atoms with Crippen LogP contribution >= 0.6 is 35.3 Å². The van der Waals surface area contributed by atoms with Gasteiger partial charge in [-0.1, -0.05) is 18.2 Å². The first-order valence-electron chi connectivity index (χ1n) is 10.6. The highest BCUT2D eigenvalue weighted by atomic mass is 127. The van der Waals surface area contributed by atoms with E-state index in [1.807, 2.05) is 0 Å². The number of nitrogens with zero attached hydrogens (tertiary/aromatic N) is 2. The molecule has 2 atom stereocenters. The lowest BCUT2D eigenvalue weighted by molar-refractivity contribution is 0.140. The predicted octanol–water partition coefficient (Wildman–Crippen LogP) is 4.20. The van der Waals surface area contributed by atoms with E-state index in [-0.39, 0.29) is 30.1 Å². The lowest BCUT2D eigenvalue weighted by Gasteiger charge is -2.24. The highest BCUT2D eigenvalue weighted by molar-refractivity contribution is 14.0. The Labute approximate surface area is 207 Å². The van der Waals surface area contributed by atoms with E-state index in [1.165, 1.54) is 10.4 Å². The Kier molecular flexibility index (Phi) is 11.1. The smallest absolute Gasteiger partial charge is 0.191 e. The maximum absolute atomic E-state index is 6.22. The highest BCUT2D eigenvalue weighted by Gasteiger charge is 2.19. The maximum atomic E-state index is 6.22. The number of ether oxygens (including phenoxy) is 2. The van der Waals surface area contributed by atoms with E-state index < -0.39 is 0 Å². The second-order valence-electron chi connectivity index (χ2n) is 7.79. The average molecular weight is 559 g/mol. The molecule has 1 aromatic heterocycles. The molecule has 2 heterocycles. The predicted molar refractivity (Wildman–Crippen MR) is 140 cm³/mol. The van der Waals surface area contributed by atoms with Crippen LogP contribution in [-0.2, 0) is 11.3 Å². The molecule has 1 fully saturated rings. The number of aliphatic imine (C=N–C) groups is 1. The van der Waals surface area contributed by atoms with Crippen LogP contribution in [0, 0.1) is 6.92 Å². The molecule has 172 valence electrons. The summed E-state index contributed by atoms with van der Waals surface area (Å²) in [6.45, 7) is 7.77. The topological polar surface area (TPSA) is 58.1 Å². The van der Waals surface area contributed by atoms with Gasteiger partial charge >= 0.3 is 0 Å². The third-order valence-electron chi connectivity index (χ3n) is 5.11. The second-order valence-corrected chi connectivity index (χ2v) is 8.76. The molecule has 1 aromatic carbocycles. The summed E-state index contributed by atoms with van der Waals surface area (Å²) < 4.78 is 11.7. The Morgan fingerprint density at radius 2 is 2.16 bits per heavy atom. The van der Waals surface area contributed by atoms with Gasteiger partial charge in [0, 0.05) is 30.0 Å². The number of thiophene rings is 1. The first kappa shape index (κ1) is 25.9. The second kappa shape index (κ2) is 13.2. The molecule has 6 nitrogen and oxygen atoms in total. The molecule has 3 rings (SSSR count). The van der Waals surface area contributed by atoms with Crippen LogP contribution in [0.3, 0.4) is 0 Å². The molecule has 2 N–H and O–H groups in total. The van der Waals surface area contributed by atoms with Gasteiger partial charge in [0.25, 0.3) is 0 Å². The Bertz CT molecular complexity index is 808. The van der Waals surface area contributed by atoms with Crippen LogP contribution in [0.15, 0.2) is 40.7 Å². The summed E-state index contributed by atoms with van der Waals surface area (Å²) in [5.41, 5.74) is 2.28. The van der Waals surface area contributed by atoms with E-state index in [9.17, 15) is 0 Å². The van der Waals surface area contributed by atoms with Crippen LogP contribution in [0.5, 0.6) is 5.75 Å². The van der Waals surface area contributed by atoms with Crippen LogP contribution in [0.1, 0.15) is 35.4 Å². The van der Waals surface area contributed by atoms with Crippen molar-refractivity contribution in [1.29, 1.82) is 0 Å². The van der Waals surface area contributed by atoms with E-state index in [0.717, 1.165) is 43.4 Å². The van der Waals surface area contributed by atoms with Crippen molar-refractivity contribution in [2.24, 2.45) is 4.99 Å². The van der Waals surface area contributed by atoms with Gasteiger partial charge in [-0.2, -0.15) is 0 Å². The molecular weight excluding hydrogens is 523 g/mol. The zero-order valence-corrected chi connectivity index (χ0v) is 22.0. The number of halogens is 1. The number of rotatable bonds is 9. The van der Waals surface area contributed by atoms with Gasteiger partial charge in [-0.3, -0.25) is 0 Å². The summed E-state index contributed by atoms with van der Waals surface area (Å²) >= 11 is 1.78. The van der Waals surface area contributed by atoms with Crippen molar-refractivity contribution < 1.29 is 9.47 Å². The van der Waals surface area contributed by atoms with Crippen LogP contribution in [-0.4, -0.2) is 57.4 Å². The summed E-state index contributed by atoms with van der Waals surface area (Å²) in [6, 6.07) is 10.9. The lowest BCUT2D eigenvalue weighted by Crippen LogP contribution is -2.41. The van der Waals surface area contributed by atoms with E-state index in [0.29, 0.717) is 19.2 Å². The standard InChI is InChI=1S/C23H34N4O2S.HI/c1-5-24-23(26-15-20(27(3)4)22-7-6-12-30-22)25-14-18-9-8-17(2)13-21(18)29-19-10-11-28-16-19;/h6-9,12-13,19-20H,5,10-11,14-16H2,1-4H3,(H2,24,25,26);1H. The molecule has 0 aliphatic carbocycles.